The fourth-order valence-corrected chi connectivity index (χ4v) is 5.24. The van der Waals surface area contributed by atoms with Crippen LogP contribution in [0, 0.1) is 17.2 Å². The van der Waals surface area contributed by atoms with Crippen molar-refractivity contribution in [2.45, 2.75) is 76.3 Å². The van der Waals surface area contributed by atoms with Gasteiger partial charge in [0.2, 0.25) is 0 Å². The van der Waals surface area contributed by atoms with Crippen LogP contribution in [0.4, 0.5) is 10.5 Å². The van der Waals surface area contributed by atoms with Crippen LogP contribution in [-0.4, -0.2) is 40.7 Å². The van der Waals surface area contributed by atoms with Gasteiger partial charge in [-0.25, -0.2) is 4.79 Å². The highest BCUT2D eigenvalue weighted by molar-refractivity contribution is 5.96. The van der Waals surface area contributed by atoms with Crippen molar-refractivity contribution < 1.29 is 19.4 Å². The molecule has 0 bridgehead atoms. The summed E-state index contributed by atoms with van der Waals surface area (Å²) in [5, 5.41) is 27.2. The van der Waals surface area contributed by atoms with E-state index in [0.717, 1.165) is 60.7 Å². The maximum absolute atomic E-state index is 12.3. The van der Waals surface area contributed by atoms with Crippen LogP contribution in [0.5, 0.6) is 5.75 Å². The van der Waals surface area contributed by atoms with Crippen molar-refractivity contribution in [2.24, 2.45) is 5.92 Å². The van der Waals surface area contributed by atoms with Gasteiger partial charge in [-0.1, -0.05) is 12.1 Å². The number of aliphatic hydroxyl groups is 1. The maximum Gasteiger partial charge on any atom is 0.411 e. The number of amides is 1. The first kappa shape index (κ1) is 24.8. The van der Waals surface area contributed by atoms with Gasteiger partial charge in [0.15, 0.2) is 0 Å². The number of hydrogen-bond acceptors (Lipinski definition) is 6. The van der Waals surface area contributed by atoms with Crippen LogP contribution in [0.2, 0.25) is 0 Å². The smallest absolute Gasteiger partial charge is 0.411 e. The molecule has 3 N–H and O–H groups in total. The summed E-state index contributed by atoms with van der Waals surface area (Å²) in [4.78, 5) is 12.3. The number of ether oxygens (including phenoxy) is 2. The van der Waals surface area contributed by atoms with Crippen molar-refractivity contribution in [3.8, 4) is 23.1 Å². The largest absolute Gasteiger partial charge is 0.489 e. The molecule has 0 aliphatic heterocycles. The summed E-state index contributed by atoms with van der Waals surface area (Å²) in [6.45, 7) is 2.09. The SMILES string of the molecule is CC(OC(=O)Nc1ccc(-c2c(C#N)c3cc(OCC(O)NC4CC4)ccc3n2C2CCC2)cc1)C1CC1. The minimum Gasteiger partial charge on any atom is -0.489 e. The van der Waals surface area contributed by atoms with Gasteiger partial charge in [-0.3, -0.25) is 10.6 Å². The van der Waals surface area contributed by atoms with E-state index in [1.54, 1.807) is 0 Å². The Labute approximate surface area is 222 Å². The molecule has 1 aromatic heterocycles. The number of benzene rings is 2. The summed E-state index contributed by atoms with van der Waals surface area (Å²) in [5.41, 5.74) is 4.07. The van der Waals surface area contributed by atoms with Gasteiger partial charge in [0.05, 0.1) is 16.8 Å². The number of nitrogens with one attached hydrogen (secondary N) is 2. The topological polar surface area (TPSA) is 109 Å². The molecule has 1 heterocycles. The summed E-state index contributed by atoms with van der Waals surface area (Å²) < 4.78 is 13.6. The molecule has 0 spiro atoms. The number of carbonyl (C=O) groups is 1. The van der Waals surface area contributed by atoms with Gasteiger partial charge in [-0.15, -0.1) is 0 Å². The summed E-state index contributed by atoms with van der Waals surface area (Å²) >= 11 is 0. The Bertz CT molecular complexity index is 1360. The molecule has 3 saturated carbocycles. The lowest BCUT2D eigenvalue weighted by atomic mass is 9.92. The number of nitrogens with zero attached hydrogens (tertiary/aromatic N) is 2. The average Bonchev–Trinajstić information content (AvgIpc) is 3.80. The lowest BCUT2D eigenvalue weighted by Gasteiger charge is -2.30. The molecule has 2 atom stereocenters. The molecule has 198 valence electrons. The highest BCUT2D eigenvalue weighted by Crippen LogP contribution is 2.43. The van der Waals surface area contributed by atoms with Gasteiger partial charge < -0.3 is 19.1 Å². The highest BCUT2D eigenvalue weighted by Gasteiger charge is 2.31. The molecule has 6 rings (SSSR count). The van der Waals surface area contributed by atoms with Crippen LogP contribution in [0.3, 0.4) is 0 Å². The third-order valence-electron chi connectivity index (χ3n) is 7.92. The van der Waals surface area contributed by atoms with Crippen LogP contribution >= 0.6 is 0 Å². The Hall–Kier alpha value is -3.54. The molecule has 3 aromatic rings. The van der Waals surface area contributed by atoms with Crippen LogP contribution in [0.15, 0.2) is 42.5 Å². The highest BCUT2D eigenvalue weighted by atomic mass is 16.6. The average molecular weight is 515 g/mol. The second-order valence-electron chi connectivity index (χ2n) is 10.9. The van der Waals surface area contributed by atoms with Gasteiger partial charge in [0.25, 0.3) is 0 Å². The molecular weight excluding hydrogens is 480 g/mol. The van der Waals surface area contributed by atoms with E-state index in [9.17, 15) is 15.2 Å². The van der Waals surface area contributed by atoms with Crippen LogP contribution in [-0.2, 0) is 4.74 Å². The lowest BCUT2D eigenvalue weighted by Crippen LogP contribution is -2.35. The predicted octanol–water partition coefficient (Wildman–Crippen LogP) is 5.70. The van der Waals surface area contributed by atoms with E-state index in [4.69, 9.17) is 9.47 Å². The molecule has 2 aromatic carbocycles. The molecule has 0 saturated heterocycles. The second-order valence-corrected chi connectivity index (χ2v) is 10.9. The molecule has 8 nitrogen and oxygen atoms in total. The normalized spacial score (nSPS) is 18.9. The number of nitriles is 1. The number of hydrogen-bond donors (Lipinski definition) is 3. The van der Waals surface area contributed by atoms with Crippen molar-refractivity contribution in [2.75, 3.05) is 11.9 Å². The number of aliphatic hydroxyl groups excluding tert-OH is 1. The van der Waals surface area contributed by atoms with E-state index in [0.29, 0.717) is 35.0 Å². The fourth-order valence-electron chi connectivity index (χ4n) is 5.24. The van der Waals surface area contributed by atoms with E-state index in [-0.39, 0.29) is 12.7 Å². The summed E-state index contributed by atoms with van der Waals surface area (Å²) in [6, 6.07) is 16.6. The number of carbonyl (C=O) groups excluding carboxylic acids is 1. The van der Waals surface area contributed by atoms with Crippen molar-refractivity contribution in [3.63, 3.8) is 0 Å². The molecule has 3 aliphatic rings. The van der Waals surface area contributed by atoms with E-state index in [2.05, 4.69) is 21.3 Å². The summed E-state index contributed by atoms with van der Waals surface area (Å²) in [7, 11) is 0. The minimum absolute atomic E-state index is 0.0720. The zero-order chi connectivity index (χ0) is 26.2. The van der Waals surface area contributed by atoms with Gasteiger partial charge >= 0.3 is 6.09 Å². The first-order chi connectivity index (χ1) is 18.5. The molecule has 3 aliphatic carbocycles. The van der Waals surface area contributed by atoms with E-state index < -0.39 is 12.3 Å². The molecule has 8 heteroatoms. The standard InChI is InChI=1S/C30H34N4O4/c1-18(19-5-6-19)38-30(36)33-22-9-7-20(8-10-22)29-26(16-31)25-15-24(37-17-28(35)32-21-11-12-21)13-14-27(25)34(29)23-3-2-4-23/h7-10,13-15,18-19,21,23,28,32,35H,2-6,11-12,17H2,1H3,(H,33,36). The summed E-state index contributed by atoms with van der Waals surface area (Å²) in [6.07, 6.45) is 6.50. The second kappa shape index (κ2) is 10.3. The van der Waals surface area contributed by atoms with Crippen molar-refractivity contribution in [1.29, 1.82) is 5.26 Å². The Morgan fingerprint density at radius 1 is 1.13 bits per heavy atom. The molecule has 2 unspecified atom stereocenters. The lowest BCUT2D eigenvalue weighted by molar-refractivity contribution is 0.0774. The number of anilines is 1. The van der Waals surface area contributed by atoms with Gasteiger partial charge in [-0.2, -0.15) is 5.26 Å². The van der Waals surface area contributed by atoms with Crippen LogP contribution in [0.1, 0.15) is 63.5 Å². The Balaban J connectivity index is 1.26. The zero-order valence-electron chi connectivity index (χ0n) is 21.7. The number of aromatic nitrogens is 1. The molecule has 3 fully saturated rings. The predicted molar refractivity (Wildman–Crippen MR) is 145 cm³/mol. The Kier molecular flexibility index (Phi) is 6.73. The van der Waals surface area contributed by atoms with E-state index in [1.807, 2.05) is 49.4 Å². The maximum atomic E-state index is 12.3. The van der Waals surface area contributed by atoms with Gasteiger partial charge in [0.1, 0.15) is 30.8 Å². The van der Waals surface area contributed by atoms with E-state index in [1.165, 1.54) is 6.42 Å². The quantitative estimate of drug-likeness (QED) is 0.300. The van der Waals surface area contributed by atoms with Crippen molar-refractivity contribution >= 4 is 22.7 Å². The number of rotatable bonds is 10. The molecule has 38 heavy (non-hydrogen) atoms. The molecular formula is C30H34N4O4. The third-order valence-corrected chi connectivity index (χ3v) is 7.92. The molecule has 0 radical (unpaired) electrons. The zero-order valence-corrected chi connectivity index (χ0v) is 21.7. The molecule has 1 amide bonds. The Morgan fingerprint density at radius 2 is 1.89 bits per heavy atom. The van der Waals surface area contributed by atoms with Crippen LogP contribution < -0.4 is 15.4 Å². The first-order valence-corrected chi connectivity index (χ1v) is 13.7. The fraction of sp³-hybridized carbons (Fsp3) is 0.467. The van der Waals surface area contributed by atoms with Gasteiger partial charge in [0, 0.05) is 23.2 Å². The monoisotopic (exact) mass is 514 g/mol. The van der Waals surface area contributed by atoms with Crippen molar-refractivity contribution in [1.82, 2.24) is 9.88 Å². The third kappa shape index (κ3) is 5.22. The minimum atomic E-state index is -0.718. The van der Waals surface area contributed by atoms with Gasteiger partial charge in [-0.05, 0) is 93.7 Å². The number of fused-ring (bicyclic) bond motifs is 1. The van der Waals surface area contributed by atoms with Crippen LogP contribution in [0.25, 0.3) is 22.2 Å². The van der Waals surface area contributed by atoms with E-state index >= 15 is 0 Å². The Morgan fingerprint density at radius 3 is 2.53 bits per heavy atom. The van der Waals surface area contributed by atoms with Crippen molar-refractivity contribution in [3.05, 3.63) is 48.0 Å². The first-order valence-electron chi connectivity index (χ1n) is 13.7. The summed E-state index contributed by atoms with van der Waals surface area (Å²) in [5.74, 6) is 1.11.